The summed E-state index contributed by atoms with van der Waals surface area (Å²) in [6.45, 7) is 0.580. The summed E-state index contributed by atoms with van der Waals surface area (Å²) in [6.07, 6.45) is 1.79. The molecule has 94 valence electrons. The molecule has 1 aromatic carbocycles. The van der Waals surface area contributed by atoms with Crippen molar-refractivity contribution in [1.29, 1.82) is 10.5 Å². The van der Waals surface area contributed by atoms with Gasteiger partial charge in [0.25, 0.3) is 0 Å². The summed E-state index contributed by atoms with van der Waals surface area (Å²) in [5, 5.41) is 20.2. The summed E-state index contributed by atoms with van der Waals surface area (Å²) in [5.74, 6) is 0.115. The molecule has 1 aromatic rings. The Bertz CT molecular complexity index is 618. The van der Waals surface area contributed by atoms with Gasteiger partial charge in [0, 0.05) is 25.5 Å². The second-order valence-corrected chi connectivity index (χ2v) is 4.34. The first-order valence-corrected chi connectivity index (χ1v) is 5.76. The first-order valence-electron chi connectivity index (χ1n) is 5.76. The number of hydrogen-bond donors (Lipinski definition) is 1. The Kier molecular flexibility index (Phi) is 3.49. The van der Waals surface area contributed by atoms with Gasteiger partial charge >= 0.3 is 0 Å². The maximum Gasteiger partial charge on any atom is 0.227 e. The number of likely N-dealkylation sites (N-methyl/N-ethyl adjacent to an activating group) is 1. The highest BCUT2D eigenvalue weighted by molar-refractivity contribution is 5.81. The van der Waals surface area contributed by atoms with Gasteiger partial charge in [0.05, 0.1) is 6.42 Å². The van der Waals surface area contributed by atoms with Crippen LogP contribution in [-0.2, 0) is 17.8 Å². The fourth-order valence-electron chi connectivity index (χ4n) is 1.92. The molecule has 0 bridgehead atoms. The van der Waals surface area contributed by atoms with Crippen molar-refractivity contribution in [3.63, 3.8) is 0 Å². The number of carbonyl (C=O) groups is 1. The molecule has 1 aliphatic heterocycles. The highest BCUT2D eigenvalue weighted by Gasteiger charge is 2.19. The van der Waals surface area contributed by atoms with Crippen molar-refractivity contribution in [3.05, 3.63) is 41.1 Å². The number of fused-ring (bicyclic) bond motifs is 1. The van der Waals surface area contributed by atoms with Gasteiger partial charge in [0.15, 0.2) is 0 Å². The monoisotopic (exact) mass is 252 g/mol. The lowest BCUT2D eigenvalue weighted by Crippen LogP contribution is -2.32. The molecule has 0 radical (unpaired) electrons. The van der Waals surface area contributed by atoms with Gasteiger partial charge in [0.2, 0.25) is 5.91 Å². The van der Waals surface area contributed by atoms with E-state index in [0.29, 0.717) is 13.0 Å². The molecule has 0 fully saturated rings. The van der Waals surface area contributed by atoms with E-state index >= 15 is 0 Å². The smallest absolute Gasteiger partial charge is 0.227 e. The van der Waals surface area contributed by atoms with E-state index in [1.165, 1.54) is 6.20 Å². The minimum Gasteiger partial charge on any atom is -0.360 e. The fraction of sp³-hybridized carbons (Fsp3) is 0.214. The summed E-state index contributed by atoms with van der Waals surface area (Å²) < 4.78 is 0. The number of benzene rings is 1. The zero-order valence-electron chi connectivity index (χ0n) is 10.5. The van der Waals surface area contributed by atoms with E-state index in [-0.39, 0.29) is 11.5 Å². The number of amides is 1. The summed E-state index contributed by atoms with van der Waals surface area (Å²) in [5.41, 5.74) is 2.92. The molecule has 0 unspecified atom stereocenters. The standard InChI is InChI=1S/C14H12N4O/c1-18-9-12-4-13(17-8-10(6-15)7-16)3-2-11(12)5-14(18)19/h2-4,8,17H,5,9H2,1H3. The Labute approximate surface area is 111 Å². The molecule has 0 aromatic heterocycles. The van der Waals surface area contributed by atoms with Gasteiger partial charge < -0.3 is 10.2 Å². The van der Waals surface area contributed by atoms with Crippen molar-refractivity contribution in [1.82, 2.24) is 4.90 Å². The third kappa shape index (κ3) is 2.72. The molecule has 0 atom stereocenters. The van der Waals surface area contributed by atoms with Crippen LogP contribution in [0.25, 0.3) is 0 Å². The summed E-state index contributed by atoms with van der Waals surface area (Å²) >= 11 is 0. The number of nitrogens with zero attached hydrogens (tertiary/aromatic N) is 3. The van der Waals surface area contributed by atoms with E-state index in [2.05, 4.69) is 5.32 Å². The predicted molar refractivity (Wildman–Crippen MR) is 69.6 cm³/mol. The highest BCUT2D eigenvalue weighted by Crippen LogP contribution is 2.22. The molecule has 1 amide bonds. The second-order valence-electron chi connectivity index (χ2n) is 4.34. The van der Waals surface area contributed by atoms with E-state index < -0.39 is 0 Å². The van der Waals surface area contributed by atoms with Crippen molar-refractivity contribution in [2.75, 3.05) is 12.4 Å². The average molecular weight is 252 g/mol. The Balaban J connectivity index is 2.21. The van der Waals surface area contributed by atoms with Crippen LogP contribution in [0.2, 0.25) is 0 Å². The van der Waals surface area contributed by atoms with E-state index in [0.717, 1.165) is 16.8 Å². The Morgan fingerprint density at radius 1 is 1.37 bits per heavy atom. The van der Waals surface area contributed by atoms with Crippen molar-refractivity contribution in [2.45, 2.75) is 13.0 Å². The highest BCUT2D eigenvalue weighted by atomic mass is 16.2. The van der Waals surface area contributed by atoms with Gasteiger partial charge in [-0.05, 0) is 23.3 Å². The van der Waals surface area contributed by atoms with Crippen LogP contribution in [0.1, 0.15) is 11.1 Å². The van der Waals surface area contributed by atoms with Crippen LogP contribution in [0.15, 0.2) is 30.0 Å². The number of anilines is 1. The van der Waals surface area contributed by atoms with E-state index in [4.69, 9.17) is 10.5 Å². The average Bonchev–Trinajstić information content (AvgIpc) is 2.41. The molecule has 5 heteroatoms. The largest absolute Gasteiger partial charge is 0.360 e. The van der Waals surface area contributed by atoms with Crippen LogP contribution in [0.5, 0.6) is 0 Å². The quantitative estimate of drug-likeness (QED) is 0.810. The van der Waals surface area contributed by atoms with E-state index in [1.807, 2.05) is 18.2 Å². The first kappa shape index (κ1) is 12.7. The minimum atomic E-state index is 0.0185. The summed E-state index contributed by atoms with van der Waals surface area (Å²) in [7, 11) is 1.77. The zero-order chi connectivity index (χ0) is 13.8. The molecule has 0 aliphatic carbocycles. The predicted octanol–water partition coefficient (Wildman–Crippen LogP) is 1.54. The van der Waals surface area contributed by atoms with E-state index in [1.54, 1.807) is 24.1 Å². The van der Waals surface area contributed by atoms with Crippen LogP contribution in [-0.4, -0.2) is 17.9 Å². The number of carbonyl (C=O) groups excluding carboxylic acids is 1. The van der Waals surface area contributed by atoms with Gasteiger partial charge in [0.1, 0.15) is 17.7 Å². The van der Waals surface area contributed by atoms with Crippen molar-refractivity contribution in [2.24, 2.45) is 0 Å². The SMILES string of the molecule is CN1Cc2cc(NC=C(C#N)C#N)ccc2CC1=O. The lowest BCUT2D eigenvalue weighted by Gasteiger charge is -2.25. The molecule has 0 saturated heterocycles. The molecule has 1 aliphatic rings. The molecular weight excluding hydrogens is 240 g/mol. The lowest BCUT2D eigenvalue weighted by molar-refractivity contribution is -0.130. The third-order valence-electron chi connectivity index (χ3n) is 3.01. The molecule has 0 spiro atoms. The lowest BCUT2D eigenvalue weighted by atomic mass is 9.99. The number of nitrogens with one attached hydrogen (secondary N) is 1. The molecule has 5 nitrogen and oxygen atoms in total. The van der Waals surface area contributed by atoms with Gasteiger partial charge in [-0.2, -0.15) is 10.5 Å². The topological polar surface area (TPSA) is 79.9 Å². The summed E-state index contributed by atoms with van der Waals surface area (Å²) in [4.78, 5) is 13.2. The number of allylic oxidation sites excluding steroid dienone is 1. The number of hydrogen-bond acceptors (Lipinski definition) is 4. The maximum atomic E-state index is 11.6. The van der Waals surface area contributed by atoms with Gasteiger partial charge in [-0.3, -0.25) is 4.79 Å². The molecule has 1 heterocycles. The van der Waals surface area contributed by atoms with Crippen LogP contribution in [0.3, 0.4) is 0 Å². The van der Waals surface area contributed by atoms with Gasteiger partial charge in [-0.15, -0.1) is 0 Å². The minimum absolute atomic E-state index is 0.0185. The van der Waals surface area contributed by atoms with Crippen molar-refractivity contribution >= 4 is 11.6 Å². The van der Waals surface area contributed by atoms with Crippen molar-refractivity contribution in [3.8, 4) is 12.1 Å². The molecule has 19 heavy (non-hydrogen) atoms. The number of rotatable bonds is 2. The number of nitriles is 2. The molecule has 1 N–H and O–H groups in total. The van der Waals surface area contributed by atoms with Gasteiger partial charge in [-0.25, -0.2) is 0 Å². The second kappa shape index (κ2) is 5.24. The summed E-state index contributed by atoms with van der Waals surface area (Å²) in [6, 6.07) is 9.23. The van der Waals surface area contributed by atoms with Crippen LogP contribution >= 0.6 is 0 Å². The maximum absolute atomic E-state index is 11.6. The molecular formula is C14H12N4O. The van der Waals surface area contributed by atoms with E-state index in [9.17, 15) is 4.79 Å². The Morgan fingerprint density at radius 3 is 2.79 bits per heavy atom. The Morgan fingerprint density at radius 2 is 2.11 bits per heavy atom. The first-order chi connectivity index (χ1) is 9.13. The molecule has 2 rings (SSSR count). The fourth-order valence-corrected chi connectivity index (χ4v) is 1.92. The normalized spacial score (nSPS) is 13.0. The van der Waals surface area contributed by atoms with Crippen LogP contribution in [0.4, 0.5) is 5.69 Å². The Hall–Kier alpha value is -2.79. The van der Waals surface area contributed by atoms with Crippen LogP contribution < -0.4 is 5.32 Å². The van der Waals surface area contributed by atoms with Gasteiger partial charge in [-0.1, -0.05) is 6.07 Å². The van der Waals surface area contributed by atoms with Crippen molar-refractivity contribution < 1.29 is 4.79 Å². The molecule has 0 saturated carbocycles. The third-order valence-corrected chi connectivity index (χ3v) is 3.01. The zero-order valence-corrected chi connectivity index (χ0v) is 10.5. The van der Waals surface area contributed by atoms with Crippen LogP contribution in [0, 0.1) is 22.7 Å².